The van der Waals surface area contributed by atoms with Crippen LogP contribution in [0.4, 0.5) is 0 Å². The minimum Gasteiger partial charge on any atom is -0.153 e. The van der Waals surface area contributed by atoms with Crippen molar-refractivity contribution >= 4 is 58.1 Å². The molecular formula is C18H14BrP. The molecule has 0 heterocycles. The predicted octanol–water partition coefficient (Wildman–Crippen LogP) is 5.97. The standard InChI is InChI=1S/C18H11Br.H3P/c19-17-7-3-6-12-8-9-15-10-13-4-1-2-5-14(13)11-16(15)18(12)17;/h1-11H;1H3. The van der Waals surface area contributed by atoms with E-state index in [1.54, 1.807) is 0 Å². The maximum absolute atomic E-state index is 3.68. The van der Waals surface area contributed by atoms with Crippen molar-refractivity contribution in [1.29, 1.82) is 0 Å². The van der Waals surface area contributed by atoms with Gasteiger partial charge in [-0.1, -0.05) is 64.5 Å². The second-order valence-electron chi connectivity index (χ2n) is 4.82. The maximum Gasteiger partial charge on any atom is 0.0259 e. The second-order valence-corrected chi connectivity index (χ2v) is 5.68. The van der Waals surface area contributed by atoms with E-state index in [0.717, 1.165) is 4.47 Å². The lowest BCUT2D eigenvalue weighted by Gasteiger charge is -2.08. The van der Waals surface area contributed by atoms with Crippen molar-refractivity contribution in [2.24, 2.45) is 0 Å². The van der Waals surface area contributed by atoms with E-state index in [1.165, 1.54) is 32.3 Å². The lowest BCUT2D eigenvalue weighted by molar-refractivity contribution is 1.74. The second kappa shape index (κ2) is 5.16. The molecule has 2 heteroatoms. The summed E-state index contributed by atoms with van der Waals surface area (Å²) in [5, 5.41) is 7.75. The molecule has 98 valence electrons. The van der Waals surface area contributed by atoms with Crippen LogP contribution in [-0.2, 0) is 0 Å². The van der Waals surface area contributed by atoms with Crippen LogP contribution in [-0.4, -0.2) is 0 Å². The molecule has 0 aromatic heterocycles. The zero-order valence-corrected chi connectivity index (χ0v) is 13.9. The molecule has 0 aliphatic carbocycles. The summed E-state index contributed by atoms with van der Waals surface area (Å²) in [6.45, 7) is 0. The molecule has 0 saturated carbocycles. The highest BCUT2D eigenvalue weighted by molar-refractivity contribution is 9.10. The van der Waals surface area contributed by atoms with Crippen molar-refractivity contribution in [2.45, 2.75) is 0 Å². The van der Waals surface area contributed by atoms with Crippen LogP contribution >= 0.6 is 25.8 Å². The van der Waals surface area contributed by atoms with Gasteiger partial charge < -0.3 is 0 Å². The molecule has 20 heavy (non-hydrogen) atoms. The van der Waals surface area contributed by atoms with Crippen LogP contribution in [0.5, 0.6) is 0 Å². The fourth-order valence-electron chi connectivity index (χ4n) is 2.76. The van der Waals surface area contributed by atoms with Gasteiger partial charge in [0.2, 0.25) is 0 Å². The Kier molecular flexibility index (Phi) is 3.50. The summed E-state index contributed by atoms with van der Waals surface area (Å²) in [5.74, 6) is 0. The molecule has 0 fully saturated rings. The zero-order chi connectivity index (χ0) is 12.8. The molecule has 0 aliphatic rings. The third-order valence-corrected chi connectivity index (χ3v) is 4.34. The molecule has 0 amide bonds. The van der Waals surface area contributed by atoms with Gasteiger partial charge in [-0.25, -0.2) is 0 Å². The van der Waals surface area contributed by atoms with E-state index in [4.69, 9.17) is 0 Å². The first-order valence-electron chi connectivity index (χ1n) is 6.33. The molecule has 0 N–H and O–H groups in total. The van der Waals surface area contributed by atoms with Gasteiger partial charge >= 0.3 is 0 Å². The Morgan fingerprint density at radius 2 is 1.25 bits per heavy atom. The number of halogens is 1. The van der Waals surface area contributed by atoms with Crippen LogP contribution in [0.3, 0.4) is 0 Å². The highest BCUT2D eigenvalue weighted by Crippen LogP contribution is 2.33. The van der Waals surface area contributed by atoms with Crippen molar-refractivity contribution in [3.8, 4) is 0 Å². The maximum atomic E-state index is 3.68. The fourth-order valence-corrected chi connectivity index (χ4v) is 3.35. The first-order chi connectivity index (χ1) is 9.33. The minimum absolute atomic E-state index is 0. The summed E-state index contributed by atoms with van der Waals surface area (Å²) in [7, 11) is 0. The van der Waals surface area contributed by atoms with Crippen molar-refractivity contribution in [3.63, 3.8) is 0 Å². The average Bonchev–Trinajstić information content (AvgIpc) is 2.45. The summed E-state index contributed by atoms with van der Waals surface area (Å²) in [4.78, 5) is 0. The van der Waals surface area contributed by atoms with E-state index in [9.17, 15) is 0 Å². The topological polar surface area (TPSA) is 0 Å². The summed E-state index contributed by atoms with van der Waals surface area (Å²) < 4.78 is 1.16. The van der Waals surface area contributed by atoms with Gasteiger partial charge in [0.15, 0.2) is 0 Å². The summed E-state index contributed by atoms with van der Waals surface area (Å²) in [6.07, 6.45) is 0. The van der Waals surface area contributed by atoms with E-state index in [2.05, 4.69) is 82.7 Å². The highest BCUT2D eigenvalue weighted by Gasteiger charge is 2.05. The molecule has 0 nitrogen and oxygen atoms in total. The van der Waals surface area contributed by atoms with Crippen LogP contribution in [0.25, 0.3) is 32.3 Å². The Balaban J connectivity index is 0.00000121. The quantitative estimate of drug-likeness (QED) is 0.210. The molecule has 4 aromatic carbocycles. The largest absolute Gasteiger partial charge is 0.153 e. The van der Waals surface area contributed by atoms with Gasteiger partial charge in [-0.2, -0.15) is 9.90 Å². The summed E-state index contributed by atoms with van der Waals surface area (Å²) in [5.41, 5.74) is 0. The Hall–Kier alpha value is -1.43. The van der Waals surface area contributed by atoms with Crippen LogP contribution in [0.2, 0.25) is 0 Å². The Bertz CT molecular complexity index is 928. The van der Waals surface area contributed by atoms with Crippen molar-refractivity contribution in [2.75, 3.05) is 0 Å². The SMILES string of the molecule is Brc1cccc2ccc3cc4ccccc4cc3c12.P. The predicted molar refractivity (Wildman–Crippen MR) is 97.8 cm³/mol. The third-order valence-electron chi connectivity index (χ3n) is 3.68. The molecule has 0 saturated heterocycles. The average molecular weight is 341 g/mol. The third kappa shape index (κ3) is 2.02. The van der Waals surface area contributed by atoms with Crippen molar-refractivity contribution < 1.29 is 0 Å². The van der Waals surface area contributed by atoms with Crippen LogP contribution < -0.4 is 0 Å². The van der Waals surface area contributed by atoms with Crippen LogP contribution in [0.15, 0.2) is 71.2 Å². The molecule has 1 unspecified atom stereocenters. The number of hydrogen-bond donors (Lipinski definition) is 0. The Morgan fingerprint density at radius 1 is 0.600 bits per heavy atom. The number of benzene rings is 4. The first kappa shape index (κ1) is 13.5. The summed E-state index contributed by atoms with van der Waals surface area (Å²) in [6, 6.07) is 23.8. The van der Waals surface area contributed by atoms with E-state index in [-0.39, 0.29) is 9.90 Å². The van der Waals surface area contributed by atoms with Gasteiger partial charge in [-0.15, -0.1) is 0 Å². The number of fused-ring (bicyclic) bond motifs is 4. The lowest BCUT2D eigenvalue weighted by Crippen LogP contribution is -1.80. The lowest BCUT2D eigenvalue weighted by atomic mass is 9.98. The van der Waals surface area contributed by atoms with Gasteiger partial charge in [0.05, 0.1) is 0 Å². The summed E-state index contributed by atoms with van der Waals surface area (Å²) >= 11 is 3.68. The zero-order valence-electron chi connectivity index (χ0n) is 10.9. The number of rotatable bonds is 0. The smallest absolute Gasteiger partial charge is 0.0259 e. The van der Waals surface area contributed by atoms with Gasteiger partial charge in [-0.05, 0) is 45.1 Å². The van der Waals surface area contributed by atoms with Gasteiger partial charge in [-0.3, -0.25) is 0 Å². The molecule has 0 radical (unpaired) electrons. The minimum atomic E-state index is 0. The van der Waals surface area contributed by atoms with Crippen molar-refractivity contribution in [1.82, 2.24) is 0 Å². The van der Waals surface area contributed by atoms with E-state index < -0.39 is 0 Å². The van der Waals surface area contributed by atoms with Gasteiger partial charge in [0.25, 0.3) is 0 Å². The van der Waals surface area contributed by atoms with E-state index >= 15 is 0 Å². The van der Waals surface area contributed by atoms with Crippen LogP contribution in [0.1, 0.15) is 0 Å². The number of hydrogen-bond acceptors (Lipinski definition) is 0. The normalized spacial score (nSPS) is 10.8. The van der Waals surface area contributed by atoms with Gasteiger partial charge in [0, 0.05) is 9.86 Å². The molecule has 4 rings (SSSR count). The molecule has 0 bridgehead atoms. The highest BCUT2D eigenvalue weighted by atomic mass is 79.9. The Labute approximate surface area is 129 Å². The molecule has 0 aliphatic heterocycles. The molecule has 1 atom stereocenters. The molecule has 4 aromatic rings. The van der Waals surface area contributed by atoms with E-state index in [1.807, 2.05) is 0 Å². The van der Waals surface area contributed by atoms with Gasteiger partial charge in [0.1, 0.15) is 0 Å². The monoisotopic (exact) mass is 340 g/mol. The molecule has 0 spiro atoms. The van der Waals surface area contributed by atoms with Crippen LogP contribution in [0, 0.1) is 0 Å². The van der Waals surface area contributed by atoms with E-state index in [0.29, 0.717) is 0 Å². The first-order valence-corrected chi connectivity index (χ1v) is 7.12. The molecular weight excluding hydrogens is 327 g/mol. The fraction of sp³-hybridized carbons (Fsp3) is 0. The van der Waals surface area contributed by atoms with Crippen molar-refractivity contribution in [3.05, 3.63) is 71.2 Å². The Morgan fingerprint density at radius 3 is 2.05 bits per heavy atom.